The highest BCUT2D eigenvalue weighted by molar-refractivity contribution is 4.93. The minimum atomic E-state index is 0.664. The molecule has 0 spiro atoms. The summed E-state index contributed by atoms with van der Waals surface area (Å²) >= 11 is 0. The van der Waals surface area contributed by atoms with E-state index in [9.17, 15) is 0 Å². The van der Waals surface area contributed by atoms with Crippen molar-refractivity contribution in [2.75, 3.05) is 26.2 Å². The molecular weight excluding hydrogens is 184 g/mol. The van der Waals surface area contributed by atoms with E-state index >= 15 is 0 Å². The summed E-state index contributed by atoms with van der Waals surface area (Å²) in [5.74, 6) is 0. The van der Waals surface area contributed by atoms with Crippen molar-refractivity contribution in [2.45, 2.75) is 46.6 Å². The second kappa shape index (κ2) is 8.93. The van der Waals surface area contributed by atoms with Gasteiger partial charge in [0.15, 0.2) is 0 Å². The average molecular weight is 212 g/mol. The van der Waals surface area contributed by atoms with Gasteiger partial charge in [0.05, 0.1) is 0 Å². The topological polar surface area (TPSA) is 15.3 Å². The molecule has 0 aromatic rings. The van der Waals surface area contributed by atoms with E-state index < -0.39 is 0 Å². The molecular formula is C13H28N2. The number of nitrogens with one attached hydrogen (secondary N) is 1. The highest BCUT2D eigenvalue weighted by Gasteiger charge is 2.15. The standard InChI is InChI=1S/C13H28N2/c1-6-9-13(10-14-7-2)15(8-3)11-12(4)5/h13-14H,4,6-11H2,1-3,5H3. The summed E-state index contributed by atoms with van der Waals surface area (Å²) in [6.45, 7) is 17.1. The van der Waals surface area contributed by atoms with Gasteiger partial charge < -0.3 is 5.32 Å². The fraction of sp³-hybridized carbons (Fsp3) is 0.846. The summed E-state index contributed by atoms with van der Waals surface area (Å²) in [6, 6.07) is 0.664. The van der Waals surface area contributed by atoms with Crippen molar-refractivity contribution in [2.24, 2.45) is 0 Å². The van der Waals surface area contributed by atoms with Gasteiger partial charge in [0.2, 0.25) is 0 Å². The third-order valence-electron chi connectivity index (χ3n) is 2.65. The van der Waals surface area contributed by atoms with Crippen LogP contribution in [0.3, 0.4) is 0 Å². The van der Waals surface area contributed by atoms with Gasteiger partial charge in [0.25, 0.3) is 0 Å². The smallest absolute Gasteiger partial charge is 0.0223 e. The molecule has 2 nitrogen and oxygen atoms in total. The highest BCUT2D eigenvalue weighted by atomic mass is 15.2. The van der Waals surface area contributed by atoms with Gasteiger partial charge in [-0.25, -0.2) is 0 Å². The summed E-state index contributed by atoms with van der Waals surface area (Å²) in [5, 5.41) is 3.45. The van der Waals surface area contributed by atoms with Gasteiger partial charge in [-0.15, -0.1) is 0 Å². The Balaban J connectivity index is 4.18. The maximum Gasteiger partial charge on any atom is 0.0223 e. The highest BCUT2D eigenvalue weighted by Crippen LogP contribution is 2.08. The van der Waals surface area contributed by atoms with Crippen LogP contribution in [-0.4, -0.2) is 37.1 Å². The number of hydrogen-bond acceptors (Lipinski definition) is 2. The summed E-state index contributed by atoms with van der Waals surface area (Å²) < 4.78 is 0. The van der Waals surface area contributed by atoms with Gasteiger partial charge in [-0.1, -0.05) is 39.3 Å². The first-order valence-electron chi connectivity index (χ1n) is 6.24. The van der Waals surface area contributed by atoms with Gasteiger partial charge in [-0.05, 0) is 26.4 Å². The Kier molecular flexibility index (Phi) is 8.73. The molecule has 0 rings (SSSR count). The Morgan fingerprint density at radius 2 is 2.00 bits per heavy atom. The van der Waals surface area contributed by atoms with E-state index in [0.717, 1.165) is 26.2 Å². The lowest BCUT2D eigenvalue weighted by atomic mass is 10.1. The van der Waals surface area contributed by atoms with Crippen molar-refractivity contribution in [3.8, 4) is 0 Å². The van der Waals surface area contributed by atoms with Crippen LogP contribution in [0.15, 0.2) is 12.2 Å². The van der Waals surface area contributed by atoms with E-state index in [-0.39, 0.29) is 0 Å². The largest absolute Gasteiger partial charge is 0.315 e. The van der Waals surface area contributed by atoms with E-state index in [2.05, 4.69) is 44.5 Å². The van der Waals surface area contributed by atoms with E-state index in [1.54, 1.807) is 0 Å². The number of rotatable bonds is 9. The molecule has 0 saturated carbocycles. The molecule has 0 radical (unpaired) electrons. The molecule has 90 valence electrons. The van der Waals surface area contributed by atoms with E-state index in [1.165, 1.54) is 18.4 Å². The third kappa shape index (κ3) is 6.69. The molecule has 0 fully saturated rings. The number of likely N-dealkylation sites (N-methyl/N-ethyl adjacent to an activating group) is 2. The van der Waals surface area contributed by atoms with Crippen LogP contribution in [0.25, 0.3) is 0 Å². The minimum Gasteiger partial charge on any atom is -0.315 e. The molecule has 0 aliphatic heterocycles. The average Bonchev–Trinajstić information content (AvgIpc) is 2.20. The molecule has 0 saturated heterocycles. The second-order valence-electron chi connectivity index (χ2n) is 4.27. The molecule has 1 N–H and O–H groups in total. The van der Waals surface area contributed by atoms with Gasteiger partial charge >= 0.3 is 0 Å². The van der Waals surface area contributed by atoms with Crippen molar-refractivity contribution in [1.29, 1.82) is 0 Å². The lowest BCUT2D eigenvalue weighted by molar-refractivity contribution is 0.206. The van der Waals surface area contributed by atoms with Crippen molar-refractivity contribution < 1.29 is 0 Å². The Hall–Kier alpha value is -0.340. The zero-order chi connectivity index (χ0) is 11.7. The van der Waals surface area contributed by atoms with Crippen LogP contribution < -0.4 is 5.32 Å². The Morgan fingerprint density at radius 1 is 1.33 bits per heavy atom. The minimum absolute atomic E-state index is 0.664. The second-order valence-corrected chi connectivity index (χ2v) is 4.27. The van der Waals surface area contributed by atoms with Crippen LogP contribution >= 0.6 is 0 Å². The molecule has 0 heterocycles. The maximum absolute atomic E-state index is 4.00. The SMILES string of the molecule is C=C(C)CN(CC)C(CCC)CNCC. The molecule has 0 bridgehead atoms. The lowest BCUT2D eigenvalue weighted by Gasteiger charge is -2.31. The van der Waals surface area contributed by atoms with E-state index in [4.69, 9.17) is 0 Å². The monoisotopic (exact) mass is 212 g/mol. The quantitative estimate of drug-likeness (QED) is 0.591. The zero-order valence-corrected chi connectivity index (χ0v) is 11.0. The Bertz CT molecular complexity index is 166. The summed E-state index contributed by atoms with van der Waals surface area (Å²) in [5.41, 5.74) is 1.26. The fourth-order valence-electron chi connectivity index (χ4n) is 1.90. The number of hydrogen-bond donors (Lipinski definition) is 1. The van der Waals surface area contributed by atoms with Gasteiger partial charge in [-0.2, -0.15) is 0 Å². The molecule has 2 heteroatoms. The van der Waals surface area contributed by atoms with Crippen LogP contribution in [0.4, 0.5) is 0 Å². The van der Waals surface area contributed by atoms with Crippen LogP contribution in [0, 0.1) is 0 Å². The van der Waals surface area contributed by atoms with Crippen molar-refractivity contribution >= 4 is 0 Å². The maximum atomic E-state index is 4.00. The molecule has 0 aromatic heterocycles. The van der Waals surface area contributed by atoms with Crippen LogP contribution in [-0.2, 0) is 0 Å². The Labute approximate surface area is 95.7 Å². The van der Waals surface area contributed by atoms with Crippen LogP contribution in [0.1, 0.15) is 40.5 Å². The first kappa shape index (κ1) is 14.7. The first-order valence-corrected chi connectivity index (χ1v) is 6.24. The molecule has 1 atom stereocenters. The molecule has 1 unspecified atom stereocenters. The zero-order valence-electron chi connectivity index (χ0n) is 11.0. The van der Waals surface area contributed by atoms with Crippen molar-refractivity contribution in [3.05, 3.63) is 12.2 Å². The fourth-order valence-corrected chi connectivity index (χ4v) is 1.90. The predicted octanol–water partition coefficient (Wildman–Crippen LogP) is 2.66. The van der Waals surface area contributed by atoms with Gasteiger partial charge in [0.1, 0.15) is 0 Å². The van der Waals surface area contributed by atoms with Gasteiger partial charge in [-0.3, -0.25) is 4.90 Å². The normalized spacial score (nSPS) is 13.1. The van der Waals surface area contributed by atoms with Gasteiger partial charge in [0, 0.05) is 19.1 Å². The predicted molar refractivity (Wildman–Crippen MR) is 69.3 cm³/mol. The molecule has 0 amide bonds. The van der Waals surface area contributed by atoms with Crippen molar-refractivity contribution in [3.63, 3.8) is 0 Å². The molecule has 0 aliphatic carbocycles. The summed E-state index contributed by atoms with van der Waals surface area (Å²) in [6.07, 6.45) is 2.52. The molecule has 0 aromatic carbocycles. The lowest BCUT2D eigenvalue weighted by Crippen LogP contribution is -2.43. The molecule has 0 aliphatic rings. The Morgan fingerprint density at radius 3 is 2.40 bits per heavy atom. The molecule has 15 heavy (non-hydrogen) atoms. The third-order valence-corrected chi connectivity index (χ3v) is 2.65. The van der Waals surface area contributed by atoms with E-state index in [0.29, 0.717) is 6.04 Å². The number of nitrogens with zero attached hydrogens (tertiary/aromatic N) is 1. The summed E-state index contributed by atoms with van der Waals surface area (Å²) in [4.78, 5) is 2.52. The van der Waals surface area contributed by atoms with E-state index in [1.807, 2.05) is 0 Å². The first-order chi connectivity index (χ1) is 7.15. The van der Waals surface area contributed by atoms with Crippen LogP contribution in [0.5, 0.6) is 0 Å². The van der Waals surface area contributed by atoms with Crippen molar-refractivity contribution in [1.82, 2.24) is 10.2 Å². The summed E-state index contributed by atoms with van der Waals surface area (Å²) in [7, 11) is 0. The van der Waals surface area contributed by atoms with Crippen LogP contribution in [0.2, 0.25) is 0 Å².